The van der Waals surface area contributed by atoms with Crippen molar-refractivity contribution in [2.75, 3.05) is 19.6 Å². The number of fused-ring (bicyclic) bond motifs is 1. The Kier molecular flexibility index (Phi) is 4.27. The van der Waals surface area contributed by atoms with E-state index in [0.717, 1.165) is 24.4 Å². The number of likely N-dealkylation sites (tertiary alicyclic amines) is 1. The van der Waals surface area contributed by atoms with Crippen molar-refractivity contribution >= 4 is 11.0 Å². The number of nitrogens with two attached hydrogens (primary N) is 1. The predicted octanol–water partition coefficient (Wildman–Crippen LogP) is 2.60. The summed E-state index contributed by atoms with van der Waals surface area (Å²) in [7, 11) is 0. The zero-order valence-corrected chi connectivity index (χ0v) is 13.2. The number of hydrogen-bond acceptors (Lipinski definition) is 3. The molecule has 1 aliphatic rings. The molecule has 0 radical (unpaired) electrons. The smallest absolute Gasteiger partial charge is 0.123 e. The highest BCUT2D eigenvalue weighted by molar-refractivity contribution is 5.78. The summed E-state index contributed by atoms with van der Waals surface area (Å²) in [4.78, 5) is 7.28. The molecule has 0 atom stereocenters. The molecule has 21 heavy (non-hydrogen) atoms. The highest BCUT2D eigenvalue weighted by Gasteiger charge is 2.14. The topological polar surface area (TPSA) is 47.1 Å². The van der Waals surface area contributed by atoms with Gasteiger partial charge in [0.25, 0.3) is 0 Å². The fourth-order valence-corrected chi connectivity index (χ4v) is 3.26. The van der Waals surface area contributed by atoms with E-state index in [4.69, 9.17) is 10.7 Å². The Morgan fingerprint density at radius 1 is 1.05 bits per heavy atom. The van der Waals surface area contributed by atoms with Crippen molar-refractivity contribution < 1.29 is 0 Å². The van der Waals surface area contributed by atoms with Crippen LogP contribution in [0, 0.1) is 13.8 Å². The zero-order valence-electron chi connectivity index (χ0n) is 13.2. The van der Waals surface area contributed by atoms with Crippen molar-refractivity contribution in [3.05, 3.63) is 29.1 Å². The Morgan fingerprint density at radius 3 is 2.48 bits per heavy atom. The summed E-state index contributed by atoms with van der Waals surface area (Å²) >= 11 is 0. The number of hydrogen-bond donors (Lipinski definition) is 1. The van der Waals surface area contributed by atoms with Crippen molar-refractivity contribution in [1.82, 2.24) is 14.5 Å². The average Bonchev–Trinajstić information content (AvgIpc) is 2.83. The van der Waals surface area contributed by atoms with E-state index in [1.54, 1.807) is 0 Å². The zero-order chi connectivity index (χ0) is 14.8. The van der Waals surface area contributed by atoms with Gasteiger partial charge in [-0.25, -0.2) is 4.98 Å². The fraction of sp³-hybridized carbons (Fsp3) is 0.588. The van der Waals surface area contributed by atoms with E-state index in [-0.39, 0.29) is 0 Å². The lowest BCUT2D eigenvalue weighted by atomic mass is 10.1. The van der Waals surface area contributed by atoms with Crippen LogP contribution in [0.4, 0.5) is 0 Å². The largest absolute Gasteiger partial charge is 0.326 e. The Hall–Kier alpha value is -1.39. The molecule has 0 bridgehead atoms. The van der Waals surface area contributed by atoms with Crippen molar-refractivity contribution in [3.8, 4) is 0 Å². The van der Waals surface area contributed by atoms with Gasteiger partial charge in [-0.05, 0) is 63.0 Å². The summed E-state index contributed by atoms with van der Waals surface area (Å²) in [5, 5.41) is 0. The quantitative estimate of drug-likeness (QED) is 0.940. The lowest BCUT2D eigenvalue weighted by Crippen LogP contribution is -2.33. The number of benzene rings is 1. The Bertz CT molecular complexity index is 623. The van der Waals surface area contributed by atoms with Crippen LogP contribution in [0.2, 0.25) is 0 Å². The molecule has 4 heteroatoms. The van der Waals surface area contributed by atoms with E-state index in [0.29, 0.717) is 6.54 Å². The van der Waals surface area contributed by atoms with Crippen LogP contribution < -0.4 is 5.73 Å². The maximum atomic E-state index is 5.90. The number of aryl methyl sites for hydroxylation is 2. The van der Waals surface area contributed by atoms with Crippen LogP contribution in [0.1, 0.15) is 36.2 Å². The van der Waals surface area contributed by atoms with E-state index >= 15 is 0 Å². The molecule has 114 valence electrons. The maximum Gasteiger partial charge on any atom is 0.123 e. The Balaban J connectivity index is 1.86. The molecule has 0 saturated carbocycles. The van der Waals surface area contributed by atoms with Crippen LogP contribution >= 0.6 is 0 Å². The third-order valence-electron chi connectivity index (χ3n) is 4.71. The van der Waals surface area contributed by atoms with Gasteiger partial charge in [0.2, 0.25) is 0 Å². The van der Waals surface area contributed by atoms with Gasteiger partial charge in [0.05, 0.1) is 17.6 Å². The lowest BCUT2D eigenvalue weighted by molar-refractivity contribution is 0.221. The predicted molar refractivity (Wildman–Crippen MR) is 87.4 cm³/mol. The summed E-state index contributed by atoms with van der Waals surface area (Å²) in [5.74, 6) is 1.01. The third kappa shape index (κ3) is 2.97. The fourth-order valence-electron chi connectivity index (χ4n) is 3.26. The molecule has 1 aromatic heterocycles. The molecular formula is C17H26N4. The molecule has 1 fully saturated rings. The first-order valence-corrected chi connectivity index (χ1v) is 8.08. The van der Waals surface area contributed by atoms with Crippen molar-refractivity contribution in [2.24, 2.45) is 5.73 Å². The molecular weight excluding hydrogens is 260 g/mol. The average molecular weight is 286 g/mol. The number of aromatic nitrogens is 2. The van der Waals surface area contributed by atoms with Gasteiger partial charge in [-0.3, -0.25) is 0 Å². The third-order valence-corrected chi connectivity index (χ3v) is 4.71. The van der Waals surface area contributed by atoms with Crippen LogP contribution in [0.5, 0.6) is 0 Å². The molecule has 2 N–H and O–H groups in total. The summed E-state index contributed by atoms with van der Waals surface area (Å²) in [6.45, 7) is 9.39. The molecule has 0 aliphatic carbocycles. The highest BCUT2D eigenvalue weighted by Crippen LogP contribution is 2.21. The van der Waals surface area contributed by atoms with Gasteiger partial charge in [0.15, 0.2) is 0 Å². The van der Waals surface area contributed by atoms with E-state index in [1.807, 2.05) is 0 Å². The van der Waals surface area contributed by atoms with Crippen molar-refractivity contribution in [2.45, 2.75) is 46.2 Å². The van der Waals surface area contributed by atoms with Crippen LogP contribution in [-0.4, -0.2) is 34.1 Å². The lowest BCUT2D eigenvalue weighted by Gasteiger charge is -2.26. The SMILES string of the molecule is Cc1cc2nc(CN)n(CCN3CCCCC3)c2cc1C. The highest BCUT2D eigenvalue weighted by atomic mass is 15.2. The summed E-state index contributed by atoms with van der Waals surface area (Å²) < 4.78 is 2.32. The van der Waals surface area contributed by atoms with Crippen molar-refractivity contribution in [3.63, 3.8) is 0 Å². The first kappa shape index (κ1) is 14.5. The molecule has 1 aliphatic heterocycles. The minimum absolute atomic E-state index is 0.507. The standard InChI is InChI=1S/C17H26N4/c1-13-10-15-16(11-14(13)2)21(17(12-18)19-15)9-8-20-6-4-3-5-7-20/h10-11H,3-9,12,18H2,1-2H3. The molecule has 4 nitrogen and oxygen atoms in total. The molecule has 0 unspecified atom stereocenters. The number of imidazole rings is 1. The van der Waals surface area contributed by atoms with E-state index in [9.17, 15) is 0 Å². The summed E-state index contributed by atoms with van der Waals surface area (Å²) in [6, 6.07) is 4.44. The molecule has 2 heterocycles. The van der Waals surface area contributed by atoms with E-state index in [1.165, 1.54) is 49.0 Å². The molecule has 0 amide bonds. The van der Waals surface area contributed by atoms with Gasteiger partial charge >= 0.3 is 0 Å². The minimum atomic E-state index is 0.507. The number of rotatable bonds is 4. The Labute approximate surface area is 126 Å². The van der Waals surface area contributed by atoms with Crippen LogP contribution in [0.3, 0.4) is 0 Å². The van der Waals surface area contributed by atoms with Gasteiger partial charge in [-0.15, -0.1) is 0 Å². The first-order valence-electron chi connectivity index (χ1n) is 8.08. The van der Waals surface area contributed by atoms with E-state index < -0.39 is 0 Å². The molecule has 2 aromatic rings. The monoisotopic (exact) mass is 286 g/mol. The normalized spacial score (nSPS) is 16.7. The second-order valence-electron chi connectivity index (χ2n) is 6.21. The van der Waals surface area contributed by atoms with Gasteiger partial charge in [0.1, 0.15) is 5.82 Å². The first-order chi connectivity index (χ1) is 10.2. The number of nitrogens with zero attached hydrogens (tertiary/aromatic N) is 3. The Morgan fingerprint density at radius 2 is 1.76 bits per heavy atom. The summed E-state index contributed by atoms with van der Waals surface area (Å²) in [6.07, 6.45) is 4.07. The molecule has 1 aromatic carbocycles. The summed E-state index contributed by atoms with van der Waals surface area (Å²) in [5.41, 5.74) is 10.8. The van der Waals surface area contributed by atoms with Crippen LogP contribution in [0.25, 0.3) is 11.0 Å². The maximum absolute atomic E-state index is 5.90. The second-order valence-corrected chi connectivity index (χ2v) is 6.21. The van der Waals surface area contributed by atoms with Crippen LogP contribution in [0.15, 0.2) is 12.1 Å². The minimum Gasteiger partial charge on any atom is -0.326 e. The molecule has 1 saturated heterocycles. The molecule has 0 spiro atoms. The van der Waals surface area contributed by atoms with Gasteiger partial charge in [-0.2, -0.15) is 0 Å². The van der Waals surface area contributed by atoms with E-state index in [2.05, 4.69) is 35.4 Å². The van der Waals surface area contributed by atoms with Gasteiger partial charge < -0.3 is 15.2 Å². The van der Waals surface area contributed by atoms with Gasteiger partial charge in [-0.1, -0.05) is 6.42 Å². The van der Waals surface area contributed by atoms with Crippen LogP contribution in [-0.2, 0) is 13.1 Å². The van der Waals surface area contributed by atoms with Gasteiger partial charge in [0, 0.05) is 13.1 Å². The molecule has 3 rings (SSSR count). The second kappa shape index (κ2) is 6.16. The van der Waals surface area contributed by atoms with Crippen molar-refractivity contribution in [1.29, 1.82) is 0 Å². The number of piperidine rings is 1.